The predicted molar refractivity (Wildman–Crippen MR) is 96.2 cm³/mol. The molecule has 5 heteroatoms. The highest BCUT2D eigenvalue weighted by atomic mass is 16.5. The monoisotopic (exact) mass is 337 g/mol. The third-order valence-electron chi connectivity index (χ3n) is 4.26. The zero-order valence-electron chi connectivity index (χ0n) is 13.9. The molecule has 128 valence electrons. The summed E-state index contributed by atoms with van der Waals surface area (Å²) in [5.41, 5.74) is 0.960. The van der Waals surface area contributed by atoms with E-state index in [1.165, 1.54) is 7.11 Å². The van der Waals surface area contributed by atoms with E-state index in [4.69, 9.17) is 9.84 Å². The second-order valence-electron chi connectivity index (χ2n) is 5.80. The van der Waals surface area contributed by atoms with E-state index in [-0.39, 0.29) is 6.42 Å². The summed E-state index contributed by atoms with van der Waals surface area (Å²) in [6.07, 6.45) is 0.278. The smallest absolute Gasteiger partial charge is 0.328 e. The van der Waals surface area contributed by atoms with Crippen molar-refractivity contribution >= 4 is 33.4 Å². The second-order valence-corrected chi connectivity index (χ2v) is 5.80. The highest BCUT2D eigenvalue weighted by molar-refractivity contribution is 6.02. The van der Waals surface area contributed by atoms with Crippen LogP contribution in [0.25, 0.3) is 21.5 Å². The van der Waals surface area contributed by atoms with E-state index >= 15 is 0 Å². The Morgan fingerprint density at radius 3 is 2.12 bits per heavy atom. The highest BCUT2D eigenvalue weighted by Crippen LogP contribution is 2.29. The summed E-state index contributed by atoms with van der Waals surface area (Å²) in [7, 11) is 1.28. The lowest BCUT2D eigenvalue weighted by Crippen LogP contribution is -2.44. The molecule has 0 saturated heterocycles. The first kappa shape index (κ1) is 16.9. The minimum absolute atomic E-state index is 0.278. The number of ether oxygens (including phenoxy) is 1. The first-order valence-corrected chi connectivity index (χ1v) is 8.01. The van der Waals surface area contributed by atoms with Gasteiger partial charge in [0.25, 0.3) is 0 Å². The molecule has 0 spiro atoms. The number of benzene rings is 3. The van der Waals surface area contributed by atoms with Crippen LogP contribution in [0.5, 0.6) is 0 Å². The van der Waals surface area contributed by atoms with E-state index in [2.05, 4.69) is 11.4 Å². The van der Waals surface area contributed by atoms with Gasteiger partial charge in [-0.25, -0.2) is 4.79 Å². The van der Waals surface area contributed by atoms with E-state index < -0.39 is 24.5 Å². The van der Waals surface area contributed by atoms with Crippen LogP contribution in [0.4, 0.5) is 0 Å². The molecular weight excluding hydrogens is 318 g/mol. The fraction of sp³-hybridized carbons (Fsp3) is 0.200. The Kier molecular flexibility index (Phi) is 4.95. The number of methoxy groups -OCH3 is 1. The zero-order chi connectivity index (χ0) is 17.8. The quantitative estimate of drug-likeness (QED) is 0.553. The molecule has 1 amide bonds. The number of carbonyl (C=O) groups excluding carboxylic acids is 2. The fourth-order valence-electron chi connectivity index (χ4n) is 3.11. The fourth-order valence-corrected chi connectivity index (χ4v) is 3.11. The second kappa shape index (κ2) is 7.32. The number of esters is 1. The maximum Gasteiger partial charge on any atom is 0.328 e. The summed E-state index contributed by atoms with van der Waals surface area (Å²) < 4.78 is 4.82. The highest BCUT2D eigenvalue weighted by Gasteiger charge is 2.23. The third-order valence-corrected chi connectivity index (χ3v) is 4.26. The number of carbonyl (C=O) groups is 2. The van der Waals surface area contributed by atoms with Gasteiger partial charge < -0.3 is 15.2 Å². The largest absolute Gasteiger partial charge is 0.467 e. The number of aliphatic hydroxyl groups is 1. The van der Waals surface area contributed by atoms with Crippen LogP contribution in [-0.4, -0.2) is 36.7 Å². The van der Waals surface area contributed by atoms with Crippen LogP contribution in [0.2, 0.25) is 0 Å². The van der Waals surface area contributed by atoms with Crippen LogP contribution in [0.15, 0.2) is 54.6 Å². The number of rotatable bonds is 5. The van der Waals surface area contributed by atoms with Crippen LogP contribution >= 0.6 is 0 Å². The normalized spacial score (nSPS) is 12.1. The maximum atomic E-state index is 12.1. The summed E-state index contributed by atoms with van der Waals surface area (Å²) in [5, 5.41) is 15.7. The van der Waals surface area contributed by atoms with E-state index in [9.17, 15) is 9.59 Å². The zero-order valence-corrected chi connectivity index (χ0v) is 13.9. The lowest BCUT2D eigenvalue weighted by atomic mass is 9.92. The number of hydrogen-bond donors (Lipinski definition) is 2. The SMILES string of the molecule is COC(=O)[C@H](Cc1c2ccccc2cc2ccccc12)NC(=O)CO. The number of hydrogen-bond acceptors (Lipinski definition) is 4. The topological polar surface area (TPSA) is 75.6 Å². The molecule has 0 saturated carbocycles. The van der Waals surface area contributed by atoms with Gasteiger partial charge in [-0.2, -0.15) is 0 Å². The molecule has 0 unspecified atom stereocenters. The lowest BCUT2D eigenvalue weighted by Gasteiger charge is -2.19. The summed E-state index contributed by atoms with van der Waals surface area (Å²) in [6.45, 7) is -0.677. The van der Waals surface area contributed by atoms with Gasteiger partial charge in [-0.05, 0) is 33.2 Å². The summed E-state index contributed by atoms with van der Waals surface area (Å²) >= 11 is 0. The van der Waals surface area contributed by atoms with Crippen molar-refractivity contribution < 1.29 is 19.4 Å². The van der Waals surface area contributed by atoms with E-state index in [0.29, 0.717) is 0 Å². The molecule has 3 rings (SSSR count). The molecule has 0 aliphatic carbocycles. The van der Waals surface area contributed by atoms with Crippen molar-refractivity contribution in [1.82, 2.24) is 5.32 Å². The van der Waals surface area contributed by atoms with Gasteiger partial charge in [-0.1, -0.05) is 48.5 Å². The van der Waals surface area contributed by atoms with Crippen molar-refractivity contribution in [3.63, 3.8) is 0 Å². The van der Waals surface area contributed by atoms with Crippen molar-refractivity contribution in [2.24, 2.45) is 0 Å². The minimum atomic E-state index is -0.862. The Bertz CT molecular complexity index is 881. The standard InChI is InChI=1S/C20H19NO4/c1-25-20(24)18(21-19(23)12-22)11-17-15-8-4-2-6-13(15)10-14-7-3-5-9-16(14)17/h2-10,18,22H,11-12H2,1H3,(H,21,23)/t18-/m0/s1. The van der Waals surface area contributed by atoms with Crippen molar-refractivity contribution in [2.45, 2.75) is 12.5 Å². The van der Waals surface area contributed by atoms with Crippen LogP contribution in [0.3, 0.4) is 0 Å². The van der Waals surface area contributed by atoms with Gasteiger partial charge in [0.05, 0.1) is 7.11 Å². The lowest BCUT2D eigenvalue weighted by molar-refractivity contribution is -0.145. The van der Waals surface area contributed by atoms with Crippen LogP contribution in [-0.2, 0) is 20.7 Å². The summed E-state index contributed by atoms with van der Waals surface area (Å²) in [6, 6.07) is 17.1. The van der Waals surface area contributed by atoms with Gasteiger partial charge in [0.15, 0.2) is 0 Å². The van der Waals surface area contributed by atoms with E-state index in [1.807, 2.05) is 48.5 Å². The molecule has 0 fully saturated rings. The molecule has 0 aliphatic rings. The molecule has 3 aromatic rings. The molecule has 2 N–H and O–H groups in total. The Hall–Kier alpha value is -2.92. The van der Waals surface area contributed by atoms with Gasteiger partial charge in [0.2, 0.25) is 5.91 Å². The molecule has 3 aromatic carbocycles. The average Bonchev–Trinajstić information content (AvgIpc) is 2.66. The molecule has 25 heavy (non-hydrogen) atoms. The van der Waals surface area contributed by atoms with Gasteiger partial charge >= 0.3 is 5.97 Å². The van der Waals surface area contributed by atoms with Crippen LogP contribution < -0.4 is 5.32 Å². The predicted octanol–water partition coefficient (Wildman–Crippen LogP) is 2.19. The van der Waals surface area contributed by atoms with Crippen molar-refractivity contribution in [3.05, 3.63) is 60.2 Å². The summed E-state index contributed by atoms with van der Waals surface area (Å²) in [4.78, 5) is 23.7. The first-order chi connectivity index (χ1) is 12.1. The van der Waals surface area contributed by atoms with Crippen LogP contribution in [0.1, 0.15) is 5.56 Å². The molecular formula is C20H19NO4. The average molecular weight is 337 g/mol. The van der Waals surface area contributed by atoms with Gasteiger partial charge in [-0.15, -0.1) is 0 Å². The number of fused-ring (bicyclic) bond motifs is 2. The summed E-state index contributed by atoms with van der Waals surface area (Å²) in [5.74, 6) is -1.15. The molecule has 0 aromatic heterocycles. The molecule has 1 atom stereocenters. The van der Waals surface area contributed by atoms with E-state index in [0.717, 1.165) is 27.1 Å². The minimum Gasteiger partial charge on any atom is -0.467 e. The molecule has 0 aliphatic heterocycles. The van der Waals surface area contributed by atoms with Gasteiger partial charge in [0, 0.05) is 6.42 Å². The van der Waals surface area contributed by atoms with Crippen molar-refractivity contribution in [2.75, 3.05) is 13.7 Å². The molecule has 0 radical (unpaired) electrons. The van der Waals surface area contributed by atoms with Crippen molar-refractivity contribution in [1.29, 1.82) is 0 Å². The number of amides is 1. The molecule has 0 bridgehead atoms. The van der Waals surface area contributed by atoms with Gasteiger partial charge in [-0.3, -0.25) is 4.79 Å². The molecule has 0 heterocycles. The Labute approximate surface area is 145 Å². The Morgan fingerprint density at radius 1 is 1.04 bits per heavy atom. The van der Waals surface area contributed by atoms with Crippen molar-refractivity contribution in [3.8, 4) is 0 Å². The third kappa shape index (κ3) is 3.46. The van der Waals surface area contributed by atoms with E-state index in [1.54, 1.807) is 0 Å². The maximum absolute atomic E-state index is 12.1. The Morgan fingerprint density at radius 2 is 1.60 bits per heavy atom. The number of nitrogens with one attached hydrogen (secondary N) is 1. The first-order valence-electron chi connectivity index (χ1n) is 8.01. The van der Waals surface area contributed by atoms with Gasteiger partial charge in [0.1, 0.15) is 12.6 Å². The number of aliphatic hydroxyl groups excluding tert-OH is 1. The Balaban J connectivity index is 2.13. The molecule has 5 nitrogen and oxygen atoms in total. The van der Waals surface area contributed by atoms with Crippen LogP contribution in [0, 0.1) is 0 Å².